The first-order valence-corrected chi connectivity index (χ1v) is 5.92. The summed E-state index contributed by atoms with van der Waals surface area (Å²) >= 11 is 0. The van der Waals surface area contributed by atoms with Crippen LogP contribution in [0.4, 0.5) is 0 Å². The third-order valence-corrected chi connectivity index (χ3v) is 3.30. The molecule has 0 aliphatic carbocycles. The van der Waals surface area contributed by atoms with Crippen molar-refractivity contribution in [3.63, 3.8) is 0 Å². The molecule has 0 radical (unpaired) electrons. The van der Waals surface area contributed by atoms with Crippen LogP contribution in [0.15, 0.2) is 24.3 Å². The molecular weight excluding hydrogens is 227 g/mol. The van der Waals surface area contributed by atoms with Crippen LogP contribution in [0.25, 0.3) is 0 Å². The standard InChI is InChI=1S/C12H22BNO2.CH3N/c1-8-9-10(14(6)7)13-15-11(2,3)12(4,5)16-13;1-2/h8-9H,1H2,2-7H3;2H,1H2/b10-9-;. The van der Waals surface area contributed by atoms with Crippen LogP contribution in [0.5, 0.6) is 0 Å². The maximum absolute atomic E-state index is 5.96. The summed E-state index contributed by atoms with van der Waals surface area (Å²) in [5.41, 5.74) is 0.385. The van der Waals surface area contributed by atoms with Gasteiger partial charge in [0.1, 0.15) is 0 Å². The Kier molecular flexibility index (Phi) is 5.84. The smallest absolute Gasteiger partial charge is 0.398 e. The van der Waals surface area contributed by atoms with E-state index in [-0.39, 0.29) is 18.3 Å². The highest BCUT2D eigenvalue weighted by Crippen LogP contribution is 2.38. The first kappa shape index (κ1) is 16.9. The highest BCUT2D eigenvalue weighted by atomic mass is 16.7. The Morgan fingerprint density at radius 1 is 1.11 bits per heavy atom. The Morgan fingerprint density at radius 3 is 1.78 bits per heavy atom. The van der Waals surface area contributed by atoms with E-state index in [1.807, 2.05) is 52.8 Å². The topological polar surface area (TPSA) is 45.6 Å². The number of hydrogen-bond donors (Lipinski definition) is 1. The summed E-state index contributed by atoms with van der Waals surface area (Å²) in [7, 11) is 3.62. The molecule has 0 unspecified atom stereocenters. The number of hydrogen-bond acceptors (Lipinski definition) is 4. The molecule has 1 aliphatic heterocycles. The van der Waals surface area contributed by atoms with Gasteiger partial charge in [0.15, 0.2) is 0 Å². The summed E-state index contributed by atoms with van der Waals surface area (Å²) in [6.07, 6.45) is 3.67. The maximum atomic E-state index is 5.96. The van der Waals surface area contributed by atoms with Gasteiger partial charge in [0.25, 0.3) is 0 Å². The zero-order chi connectivity index (χ0) is 14.6. The SMILES string of the molecule is C=C/C=C(/B1OC(C)(C)C(C)(C)O1)N(C)C.C=N. The van der Waals surface area contributed by atoms with Crippen LogP contribution in [0.3, 0.4) is 0 Å². The second kappa shape index (κ2) is 6.20. The lowest BCUT2D eigenvalue weighted by Crippen LogP contribution is -2.41. The molecule has 1 aliphatic rings. The van der Waals surface area contributed by atoms with Gasteiger partial charge in [-0.3, -0.25) is 0 Å². The van der Waals surface area contributed by atoms with Crippen LogP contribution in [0, 0.1) is 5.41 Å². The van der Waals surface area contributed by atoms with Crippen LogP contribution in [-0.2, 0) is 9.31 Å². The lowest BCUT2D eigenvalue weighted by atomic mass is 9.83. The normalized spacial score (nSPS) is 21.0. The average molecular weight is 252 g/mol. The molecule has 0 aromatic rings. The van der Waals surface area contributed by atoms with Crippen LogP contribution < -0.4 is 0 Å². The zero-order valence-corrected chi connectivity index (χ0v) is 12.4. The van der Waals surface area contributed by atoms with E-state index in [2.05, 4.69) is 13.3 Å². The Balaban J connectivity index is 0.00000137. The van der Waals surface area contributed by atoms with Gasteiger partial charge in [0.05, 0.1) is 11.2 Å². The van der Waals surface area contributed by atoms with Crippen molar-refractivity contribution in [2.75, 3.05) is 14.1 Å². The molecule has 0 saturated carbocycles. The van der Waals surface area contributed by atoms with Crippen molar-refractivity contribution in [2.45, 2.75) is 38.9 Å². The molecule has 0 spiro atoms. The average Bonchev–Trinajstić information content (AvgIpc) is 2.47. The molecule has 1 fully saturated rings. The summed E-state index contributed by atoms with van der Waals surface area (Å²) < 4.78 is 11.9. The number of rotatable bonds is 3. The zero-order valence-electron chi connectivity index (χ0n) is 12.4. The van der Waals surface area contributed by atoms with E-state index in [1.54, 1.807) is 6.08 Å². The first-order valence-electron chi connectivity index (χ1n) is 5.92. The number of nitrogens with zero attached hydrogens (tertiary/aromatic N) is 1. The second-order valence-corrected chi connectivity index (χ2v) is 5.31. The van der Waals surface area contributed by atoms with Gasteiger partial charge < -0.3 is 19.6 Å². The van der Waals surface area contributed by atoms with E-state index in [0.717, 1.165) is 5.60 Å². The third kappa shape index (κ3) is 3.46. The van der Waals surface area contributed by atoms with Crippen molar-refractivity contribution < 1.29 is 9.31 Å². The van der Waals surface area contributed by atoms with E-state index in [9.17, 15) is 0 Å². The molecule has 0 aromatic carbocycles. The molecule has 1 N–H and O–H groups in total. The molecule has 102 valence electrons. The van der Waals surface area contributed by atoms with Crippen LogP contribution in [0.1, 0.15) is 27.7 Å². The molecule has 5 heteroatoms. The van der Waals surface area contributed by atoms with Crippen LogP contribution in [0.2, 0.25) is 0 Å². The predicted octanol–water partition coefficient (Wildman–Crippen LogP) is 2.52. The Morgan fingerprint density at radius 2 is 1.50 bits per heavy atom. The third-order valence-electron chi connectivity index (χ3n) is 3.30. The fraction of sp³-hybridized carbons (Fsp3) is 0.615. The van der Waals surface area contributed by atoms with E-state index in [0.29, 0.717) is 0 Å². The fourth-order valence-electron chi connectivity index (χ4n) is 1.52. The lowest BCUT2D eigenvalue weighted by Gasteiger charge is -2.32. The van der Waals surface area contributed by atoms with Gasteiger partial charge in [-0.05, 0) is 40.5 Å². The van der Waals surface area contributed by atoms with Crippen LogP contribution in [-0.4, -0.2) is 44.0 Å². The molecule has 18 heavy (non-hydrogen) atoms. The quantitative estimate of drug-likeness (QED) is 0.477. The second-order valence-electron chi connectivity index (χ2n) is 5.31. The molecule has 0 bridgehead atoms. The molecule has 4 nitrogen and oxygen atoms in total. The van der Waals surface area contributed by atoms with Gasteiger partial charge in [-0.2, -0.15) is 0 Å². The molecule has 0 atom stereocenters. The molecular formula is C13H25BN2O2. The fourth-order valence-corrected chi connectivity index (χ4v) is 1.52. The summed E-state index contributed by atoms with van der Waals surface area (Å²) in [4.78, 5) is 1.99. The highest BCUT2D eigenvalue weighted by Gasteiger charge is 2.52. The van der Waals surface area contributed by atoms with E-state index >= 15 is 0 Å². The largest absolute Gasteiger partial charge is 0.511 e. The maximum Gasteiger partial charge on any atom is 0.511 e. The van der Waals surface area contributed by atoms with Crippen molar-refractivity contribution in [1.82, 2.24) is 4.90 Å². The first-order chi connectivity index (χ1) is 8.21. The summed E-state index contributed by atoms with van der Waals surface area (Å²) in [5, 5.41) is 5.50. The Bertz CT molecular complexity index is 309. The molecule has 0 amide bonds. The minimum absolute atomic E-state index is 0.298. The van der Waals surface area contributed by atoms with Crippen molar-refractivity contribution >= 4 is 13.8 Å². The highest BCUT2D eigenvalue weighted by molar-refractivity contribution is 6.54. The monoisotopic (exact) mass is 252 g/mol. The van der Waals surface area contributed by atoms with Gasteiger partial charge >= 0.3 is 7.12 Å². The number of allylic oxidation sites excluding steroid dienone is 2. The Labute approximate surface area is 111 Å². The lowest BCUT2D eigenvalue weighted by molar-refractivity contribution is 0.00578. The van der Waals surface area contributed by atoms with Gasteiger partial charge in [-0.25, -0.2) is 0 Å². The molecule has 1 rings (SSSR count). The van der Waals surface area contributed by atoms with Crippen molar-refractivity contribution in [1.29, 1.82) is 5.41 Å². The van der Waals surface area contributed by atoms with Gasteiger partial charge in [0.2, 0.25) is 0 Å². The minimum atomic E-state index is -0.321. The van der Waals surface area contributed by atoms with Gasteiger partial charge in [-0.1, -0.05) is 12.7 Å². The van der Waals surface area contributed by atoms with E-state index < -0.39 is 0 Å². The van der Waals surface area contributed by atoms with Crippen LogP contribution >= 0.6 is 0 Å². The molecule has 0 aromatic heterocycles. The van der Waals surface area contributed by atoms with Crippen molar-refractivity contribution in [3.8, 4) is 0 Å². The van der Waals surface area contributed by atoms with Gasteiger partial charge in [-0.15, -0.1) is 0 Å². The summed E-state index contributed by atoms with van der Waals surface area (Å²) in [6.45, 7) is 14.4. The summed E-state index contributed by atoms with van der Waals surface area (Å²) in [5.74, 6) is 0. The van der Waals surface area contributed by atoms with Gasteiger partial charge in [0, 0.05) is 19.7 Å². The summed E-state index contributed by atoms with van der Waals surface area (Å²) in [6, 6.07) is 0. The molecule has 1 saturated heterocycles. The van der Waals surface area contributed by atoms with E-state index in [4.69, 9.17) is 14.7 Å². The van der Waals surface area contributed by atoms with Crippen molar-refractivity contribution in [2.24, 2.45) is 0 Å². The molecule has 1 heterocycles. The Hall–Kier alpha value is -1.07. The van der Waals surface area contributed by atoms with E-state index in [1.165, 1.54) is 0 Å². The predicted molar refractivity (Wildman–Crippen MR) is 77.9 cm³/mol. The van der Waals surface area contributed by atoms with Crippen molar-refractivity contribution in [3.05, 3.63) is 24.3 Å². The minimum Gasteiger partial charge on any atom is -0.398 e. The number of nitrogens with one attached hydrogen (secondary N) is 1.